The summed E-state index contributed by atoms with van der Waals surface area (Å²) in [7, 11) is 0. The molecular weight excluding hydrogens is 174 g/mol. The summed E-state index contributed by atoms with van der Waals surface area (Å²) in [6.07, 6.45) is 1.31. The number of nitrogens with zero attached hydrogens (tertiary/aromatic N) is 1. The number of anilines is 1. The summed E-state index contributed by atoms with van der Waals surface area (Å²) in [4.78, 5) is 2.50. The molecule has 0 aliphatic carbocycles. The normalized spacial score (nSPS) is 29.9. The first-order valence-electron chi connectivity index (χ1n) is 5.27. The molecule has 0 spiro atoms. The van der Waals surface area contributed by atoms with Crippen LogP contribution in [0.15, 0.2) is 24.3 Å². The van der Waals surface area contributed by atoms with E-state index < -0.39 is 0 Å². The third-order valence-electron chi connectivity index (χ3n) is 3.28. The summed E-state index contributed by atoms with van der Waals surface area (Å²) < 4.78 is 5.47. The number of rotatable bonds is 1. The van der Waals surface area contributed by atoms with E-state index in [9.17, 15) is 0 Å². The van der Waals surface area contributed by atoms with Gasteiger partial charge in [-0.1, -0.05) is 17.7 Å². The maximum absolute atomic E-state index is 5.47. The molecule has 1 aromatic carbocycles. The van der Waals surface area contributed by atoms with Crippen molar-refractivity contribution in [3.05, 3.63) is 29.8 Å². The van der Waals surface area contributed by atoms with Crippen LogP contribution >= 0.6 is 0 Å². The fraction of sp³-hybridized carbons (Fsp3) is 0.500. The molecule has 0 N–H and O–H groups in total. The van der Waals surface area contributed by atoms with Gasteiger partial charge in [0.2, 0.25) is 0 Å². The van der Waals surface area contributed by atoms with Crippen LogP contribution in [0.25, 0.3) is 0 Å². The van der Waals surface area contributed by atoms with Gasteiger partial charge in [-0.2, -0.15) is 0 Å². The Morgan fingerprint density at radius 1 is 1.14 bits per heavy atom. The van der Waals surface area contributed by atoms with E-state index in [2.05, 4.69) is 36.1 Å². The molecule has 14 heavy (non-hydrogen) atoms. The first-order valence-corrected chi connectivity index (χ1v) is 5.27. The van der Waals surface area contributed by atoms with Gasteiger partial charge in [0, 0.05) is 5.69 Å². The van der Waals surface area contributed by atoms with Crippen LogP contribution < -0.4 is 4.90 Å². The van der Waals surface area contributed by atoms with Crippen LogP contribution in [0.4, 0.5) is 5.69 Å². The van der Waals surface area contributed by atoms with Crippen molar-refractivity contribution in [3.8, 4) is 0 Å². The second kappa shape index (κ2) is 2.99. The van der Waals surface area contributed by atoms with Crippen LogP contribution in [-0.4, -0.2) is 25.3 Å². The lowest BCUT2D eigenvalue weighted by atomic mass is 9.90. The van der Waals surface area contributed by atoms with Crippen LogP contribution in [0, 0.1) is 6.92 Å². The molecule has 2 fully saturated rings. The van der Waals surface area contributed by atoms with E-state index >= 15 is 0 Å². The highest BCUT2D eigenvalue weighted by molar-refractivity contribution is 5.52. The van der Waals surface area contributed by atoms with E-state index in [1.165, 1.54) is 17.7 Å². The van der Waals surface area contributed by atoms with Crippen molar-refractivity contribution in [2.75, 3.05) is 18.1 Å². The van der Waals surface area contributed by atoms with Gasteiger partial charge in [-0.15, -0.1) is 0 Å². The summed E-state index contributed by atoms with van der Waals surface area (Å²) in [5, 5.41) is 0. The van der Waals surface area contributed by atoms with Gasteiger partial charge in [-0.3, -0.25) is 0 Å². The molecule has 2 aliphatic heterocycles. The zero-order valence-corrected chi connectivity index (χ0v) is 8.44. The molecule has 0 aromatic heterocycles. The number of hydrogen-bond donors (Lipinski definition) is 0. The lowest BCUT2D eigenvalue weighted by Gasteiger charge is -2.53. The summed E-state index contributed by atoms with van der Waals surface area (Å²) >= 11 is 0. The minimum absolute atomic E-state index is 0.636. The average Bonchev–Trinajstić information content (AvgIpc) is 2.22. The maximum Gasteiger partial charge on any atom is 0.0671 e. The Morgan fingerprint density at radius 2 is 1.79 bits per heavy atom. The van der Waals surface area contributed by atoms with Gasteiger partial charge in [0.25, 0.3) is 0 Å². The second-order valence-corrected chi connectivity index (χ2v) is 4.32. The Labute approximate surface area is 84.5 Å². The zero-order valence-electron chi connectivity index (χ0n) is 8.44. The third-order valence-corrected chi connectivity index (χ3v) is 3.28. The van der Waals surface area contributed by atoms with Crippen molar-refractivity contribution in [1.29, 1.82) is 0 Å². The third kappa shape index (κ3) is 1.14. The van der Waals surface area contributed by atoms with Crippen molar-refractivity contribution in [3.63, 3.8) is 0 Å². The van der Waals surface area contributed by atoms with Gasteiger partial charge in [0.1, 0.15) is 0 Å². The molecule has 2 saturated heterocycles. The molecule has 2 atom stereocenters. The summed E-state index contributed by atoms with van der Waals surface area (Å²) in [5.41, 5.74) is 2.69. The molecule has 3 rings (SSSR count). The smallest absolute Gasteiger partial charge is 0.0671 e. The van der Waals surface area contributed by atoms with E-state index in [1.54, 1.807) is 0 Å². The van der Waals surface area contributed by atoms with Crippen molar-refractivity contribution >= 4 is 5.69 Å². The highest BCUT2D eigenvalue weighted by Crippen LogP contribution is 2.35. The monoisotopic (exact) mass is 189 g/mol. The van der Waals surface area contributed by atoms with E-state index in [-0.39, 0.29) is 0 Å². The van der Waals surface area contributed by atoms with Crippen LogP contribution in [-0.2, 0) is 4.74 Å². The van der Waals surface area contributed by atoms with Crippen LogP contribution in [0.3, 0.4) is 0 Å². The Bertz CT molecular complexity index is 319. The van der Waals surface area contributed by atoms with Crippen LogP contribution in [0.2, 0.25) is 0 Å². The van der Waals surface area contributed by atoms with E-state index in [0.717, 1.165) is 13.2 Å². The number of benzene rings is 1. The number of ether oxygens (including phenoxy) is 1. The molecule has 0 radical (unpaired) electrons. The van der Waals surface area contributed by atoms with Gasteiger partial charge >= 0.3 is 0 Å². The topological polar surface area (TPSA) is 12.5 Å². The fourth-order valence-electron chi connectivity index (χ4n) is 2.48. The number of aryl methyl sites for hydroxylation is 1. The maximum atomic E-state index is 5.47. The first kappa shape index (κ1) is 8.30. The van der Waals surface area contributed by atoms with Gasteiger partial charge in [-0.25, -0.2) is 0 Å². The molecule has 1 aromatic rings. The lowest BCUT2D eigenvalue weighted by Crippen LogP contribution is -2.64. The largest absolute Gasteiger partial charge is 0.377 e. The molecule has 2 bridgehead atoms. The van der Waals surface area contributed by atoms with Gasteiger partial charge in [-0.05, 0) is 25.5 Å². The molecule has 2 aliphatic rings. The van der Waals surface area contributed by atoms with E-state index in [1.807, 2.05) is 0 Å². The van der Waals surface area contributed by atoms with Crippen LogP contribution in [0.5, 0.6) is 0 Å². The Hall–Kier alpha value is -1.02. The molecular formula is C12H15NO. The zero-order chi connectivity index (χ0) is 9.54. The Balaban J connectivity index is 1.86. The van der Waals surface area contributed by atoms with Crippen molar-refractivity contribution < 1.29 is 4.74 Å². The quantitative estimate of drug-likeness (QED) is 0.669. The lowest BCUT2D eigenvalue weighted by molar-refractivity contribution is 0.0103. The highest BCUT2D eigenvalue weighted by Gasteiger charge is 2.42. The Kier molecular flexibility index (Phi) is 1.77. The minimum Gasteiger partial charge on any atom is -0.377 e. The van der Waals surface area contributed by atoms with Crippen molar-refractivity contribution in [1.82, 2.24) is 0 Å². The fourth-order valence-corrected chi connectivity index (χ4v) is 2.48. The molecule has 2 heterocycles. The predicted molar refractivity (Wildman–Crippen MR) is 56.7 cm³/mol. The Morgan fingerprint density at radius 3 is 2.36 bits per heavy atom. The molecule has 0 amide bonds. The van der Waals surface area contributed by atoms with Gasteiger partial charge in [0.15, 0.2) is 0 Å². The molecule has 0 saturated carbocycles. The molecule has 2 heteroatoms. The number of morpholine rings is 1. The summed E-state index contributed by atoms with van der Waals surface area (Å²) in [6.45, 7) is 3.94. The highest BCUT2D eigenvalue weighted by atomic mass is 16.5. The average molecular weight is 189 g/mol. The second-order valence-electron chi connectivity index (χ2n) is 4.32. The van der Waals surface area contributed by atoms with Gasteiger partial charge in [0.05, 0.1) is 25.3 Å². The van der Waals surface area contributed by atoms with E-state index in [0.29, 0.717) is 12.1 Å². The first-order chi connectivity index (χ1) is 6.84. The molecule has 2 nitrogen and oxygen atoms in total. The summed E-state index contributed by atoms with van der Waals surface area (Å²) in [5.74, 6) is 0. The van der Waals surface area contributed by atoms with Crippen LogP contribution in [0.1, 0.15) is 12.0 Å². The number of fused-ring (bicyclic) bond motifs is 2. The predicted octanol–water partition coefficient (Wildman–Crippen LogP) is 1.97. The SMILES string of the molecule is Cc1ccc(N2C3COCC2C3)cc1. The van der Waals surface area contributed by atoms with Gasteiger partial charge < -0.3 is 9.64 Å². The van der Waals surface area contributed by atoms with Crippen molar-refractivity contribution in [2.24, 2.45) is 0 Å². The standard InChI is InChI=1S/C12H15NO/c1-9-2-4-10(5-3-9)13-11-6-12(13)8-14-7-11/h2-5,11-12H,6-8H2,1H3. The van der Waals surface area contributed by atoms with E-state index in [4.69, 9.17) is 4.74 Å². The summed E-state index contributed by atoms with van der Waals surface area (Å²) in [6, 6.07) is 10.1. The molecule has 74 valence electrons. The molecule has 2 unspecified atom stereocenters. The van der Waals surface area contributed by atoms with Crippen molar-refractivity contribution in [2.45, 2.75) is 25.4 Å². The minimum atomic E-state index is 0.636. The number of hydrogen-bond acceptors (Lipinski definition) is 2.